The normalized spacial score (nSPS) is 15.4. The Balaban J connectivity index is 0.000000371. The zero-order valence-electron chi connectivity index (χ0n) is 28.1. The van der Waals surface area contributed by atoms with Crippen molar-refractivity contribution in [3.05, 3.63) is 167 Å². The Morgan fingerprint density at radius 2 is 1.19 bits per heavy atom. The third kappa shape index (κ3) is 5.16. The van der Waals surface area contributed by atoms with Gasteiger partial charge in [-0.25, -0.2) is 0 Å². The molecule has 3 nitrogen and oxygen atoms in total. The van der Waals surface area contributed by atoms with E-state index in [1.165, 1.54) is 38.8 Å². The Morgan fingerprint density at radius 3 is 1.92 bits per heavy atom. The second-order valence-electron chi connectivity index (χ2n) is 13.2. The van der Waals surface area contributed by atoms with Crippen molar-refractivity contribution < 1.29 is 9.15 Å². The van der Waals surface area contributed by atoms with Crippen LogP contribution in [0, 0.1) is 27.7 Å². The number of hydrogen-bond donors (Lipinski definition) is 0. The molecule has 2 aromatic heterocycles. The largest absolute Gasteiger partial charge is 0.489 e. The number of benzene rings is 6. The fourth-order valence-electron chi connectivity index (χ4n) is 7.20. The highest BCUT2D eigenvalue weighted by atomic mass is 16.5. The summed E-state index contributed by atoms with van der Waals surface area (Å²) in [6, 6.07) is 47.6. The monoisotopic (exact) mass is 625 g/mol. The lowest BCUT2D eigenvalue weighted by Crippen LogP contribution is -2.16. The van der Waals surface area contributed by atoms with E-state index in [1.54, 1.807) is 0 Å². The van der Waals surface area contributed by atoms with Crippen molar-refractivity contribution in [2.24, 2.45) is 0 Å². The molecule has 6 aromatic carbocycles. The predicted octanol–water partition coefficient (Wildman–Crippen LogP) is 12.0. The van der Waals surface area contributed by atoms with Crippen molar-refractivity contribution >= 4 is 33.0 Å². The lowest BCUT2D eigenvalue weighted by molar-refractivity contribution is 0.238. The van der Waals surface area contributed by atoms with E-state index in [9.17, 15) is 0 Å². The van der Waals surface area contributed by atoms with Crippen LogP contribution in [0.2, 0.25) is 0 Å². The van der Waals surface area contributed by atoms with E-state index in [0.29, 0.717) is 0 Å². The maximum atomic E-state index is 6.48. The number of furan rings is 1. The first-order chi connectivity index (χ1) is 23.4. The molecule has 3 heterocycles. The van der Waals surface area contributed by atoms with Gasteiger partial charge in [-0.05, 0) is 87.2 Å². The van der Waals surface area contributed by atoms with Crippen molar-refractivity contribution in [2.45, 2.75) is 46.6 Å². The van der Waals surface area contributed by atoms with E-state index < -0.39 is 0 Å². The molecule has 0 N–H and O–H groups in total. The summed E-state index contributed by atoms with van der Waals surface area (Å²) in [5, 5.41) is 3.49. The van der Waals surface area contributed by atoms with Gasteiger partial charge in [-0.3, -0.25) is 4.57 Å². The first-order valence-electron chi connectivity index (χ1n) is 16.8. The number of rotatable bonds is 3. The summed E-state index contributed by atoms with van der Waals surface area (Å²) in [6.45, 7) is 10.7. The second kappa shape index (κ2) is 11.9. The molecule has 2 unspecified atom stereocenters. The van der Waals surface area contributed by atoms with E-state index in [-0.39, 0.29) is 12.0 Å². The van der Waals surface area contributed by atoms with Crippen LogP contribution in [0.5, 0.6) is 5.75 Å². The molecule has 236 valence electrons. The molecule has 2 atom stereocenters. The first-order valence-corrected chi connectivity index (χ1v) is 16.8. The summed E-state index contributed by atoms with van der Waals surface area (Å²) in [7, 11) is 0. The molecule has 3 heteroatoms. The van der Waals surface area contributed by atoms with Crippen molar-refractivity contribution in [3.63, 3.8) is 0 Å². The van der Waals surface area contributed by atoms with Crippen molar-refractivity contribution in [1.29, 1.82) is 0 Å². The van der Waals surface area contributed by atoms with Crippen LogP contribution in [0.4, 0.5) is 0 Å². The molecule has 1 aliphatic heterocycles. The molecule has 0 aliphatic carbocycles. The fourth-order valence-corrected chi connectivity index (χ4v) is 7.20. The van der Waals surface area contributed by atoms with E-state index >= 15 is 0 Å². The topological polar surface area (TPSA) is 27.3 Å². The van der Waals surface area contributed by atoms with Gasteiger partial charge in [0.05, 0.1) is 10.9 Å². The Labute approximate surface area is 282 Å². The third-order valence-electron chi connectivity index (χ3n) is 9.79. The molecule has 48 heavy (non-hydrogen) atoms. The lowest BCUT2D eigenvalue weighted by Gasteiger charge is -2.17. The minimum absolute atomic E-state index is 0.0905. The number of fused-ring (bicyclic) bond motifs is 6. The van der Waals surface area contributed by atoms with E-state index in [0.717, 1.165) is 50.1 Å². The number of aromatic nitrogens is 1. The predicted molar refractivity (Wildman–Crippen MR) is 200 cm³/mol. The lowest BCUT2D eigenvalue weighted by atomic mass is 9.86. The van der Waals surface area contributed by atoms with Crippen LogP contribution in [0.1, 0.15) is 46.2 Å². The van der Waals surface area contributed by atoms with E-state index in [4.69, 9.17) is 9.15 Å². The maximum absolute atomic E-state index is 6.48. The van der Waals surface area contributed by atoms with Crippen LogP contribution in [-0.2, 0) is 0 Å². The fraction of sp³-hybridized carbons (Fsp3) is 0.156. The maximum Gasteiger partial charge on any atom is 0.213 e. The van der Waals surface area contributed by atoms with Gasteiger partial charge in [0, 0.05) is 27.9 Å². The second-order valence-corrected chi connectivity index (χ2v) is 13.2. The molecule has 0 saturated carbocycles. The van der Waals surface area contributed by atoms with Gasteiger partial charge in [-0.1, -0.05) is 120 Å². The number of ether oxygens (including phenoxy) is 1. The molecule has 0 spiro atoms. The molecule has 0 saturated heterocycles. The summed E-state index contributed by atoms with van der Waals surface area (Å²) in [5.74, 6) is 1.22. The van der Waals surface area contributed by atoms with Crippen LogP contribution in [0.3, 0.4) is 0 Å². The zero-order chi connectivity index (χ0) is 32.9. The number of hydrogen-bond acceptors (Lipinski definition) is 2. The van der Waals surface area contributed by atoms with Gasteiger partial charge >= 0.3 is 0 Å². The molecule has 1 aliphatic rings. The Hall–Kier alpha value is -5.54. The molecule has 8 aromatic rings. The summed E-state index contributed by atoms with van der Waals surface area (Å²) in [6.07, 6.45) is 0.0905. The minimum atomic E-state index is 0.0905. The quantitative estimate of drug-likeness (QED) is 0.195. The van der Waals surface area contributed by atoms with Gasteiger partial charge in [0.2, 0.25) is 5.71 Å². The molecule has 0 bridgehead atoms. The molecule has 0 fully saturated rings. The van der Waals surface area contributed by atoms with Crippen molar-refractivity contribution in [2.75, 3.05) is 0 Å². The van der Waals surface area contributed by atoms with E-state index in [2.05, 4.69) is 161 Å². The molecule has 9 rings (SSSR count). The minimum Gasteiger partial charge on any atom is -0.489 e. The number of aryl methyl sites for hydroxylation is 4. The molecular formula is C45H39NO2. The van der Waals surface area contributed by atoms with Gasteiger partial charge < -0.3 is 9.15 Å². The summed E-state index contributed by atoms with van der Waals surface area (Å²) < 4.78 is 15.2. The van der Waals surface area contributed by atoms with Crippen molar-refractivity contribution in [1.82, 2.24) is 4.57 Å². The smallest absolute Gasteiger partial charge is 0.213 e. The van der Waals surface area contributed by atoms with Crippen molar-refractivity contribution in [3.8, 4) is 22.6 Å². The average molecular weight is 626 g/mol. The van der Waals surface area contributed by atoms with Crippen LogP contribution < -0.4 is 4.74 Å². The average Bonchev–Trinajstić information content (AvgIpc) is 3.74. The molecule has 0 amide bonds. The summed E-state index contributed by atoms with van der Waals surface area (Å²) >= 11 is 0. The zero-order valence-corrected chi connectivity index (χ0v) is 28.1. The highest BCUT2D eigenvalue weighted by Gasteiger charge is 2.33. The highest BCUT2D eigenvalue weighted by Crippen LogP contribution is 2.46. The van der Waals surface area contributed by atoms with Crippen LogP contribution in [-0.4, -0.2) is 10.7 Å². The third-order valence-corrected chi connectivity index (χ3v) is 9.79. The van der Waals surface area contributed by atoms with Crippen LogP contribution in [0.15, 0.2) is 138 Å². The summed E-state index contributed by atoms with van der Waals surface area (Å²) in [4.78, 5) is 0. The van der Waals surface area contributed by atoms with Crippen LogP contribution in [0.25, 0.3) is 49.8 Å². The van der Waals surface area contributed by atoms with Gasteiger partial charge in [-0.2, -0.15) is 0 Å². The first kappa shape index (κ1) is 29.8. The Morgan fingerprint density at radius 1 is 0.562 bits per heavy atom. The standard InChI is InChI=1S/C37H29NO2.C8H10/c1-22-12-16-27(17-13-22)38-32-20-25(14-18-29(32)36-30-10-6-7-11-33(30)40-37(36)38)26-15-19-31-34(21-26)39-24(3)35(31)28-9-5-4-8-23(28)2;1-7-3-5-8(2)6-4-7/h4-21,24,35H,1-3H3;3-6H,1-2H3. The van der Waals surface area contributed by atoms with Gasteiger partial charge in [-0.15, -0.1) is 0 Å². The van der Waals surface area contributed by atoms with E-state index in [1.807, 2.05) is 12.1 Å². The SMILES string of the molecule is Cc1ccc(-n2c3cc(-c4ccc5c(c4)OC(C)C5c4ccccc4C)ccc3c3c4ccccc4oc32)cc1.Cc1ccc(C)cc1. The highest BCUT2D eigenvalue weighted by molar-refractivity contribution is 6.20. The Bertz CT molecular complexity index is 2400. The van der Waals surface area contributed by atoms with Gasteiger partial charge in [0.1, 0.15) is 17.4 Å². The molecular weight excluding hydrogens is 587 g/mol. The van der Waals surface area contributed by atoms with Crippen LogP contribution >= 0.6 is 0 Å². The number of nitrogens with zero attached hydrogens (tertiary/aromatic N) is 1. The van der Waals surface area contributed by atoms with Gasteiger partial charge in [0.25, 0.3) is 0 Å². The molecule has 0 radical (unpaired) electrons. The number of para-hydroxylation sites is 1. The Kier molecular flexibility index (Phi) is 7.41. The van der Waals surface area contributed by atoms with Gasteiger partial charge in [0.15, 0.2) is 0 Å². The summed E-state index contributed by atoms with van der Waals surface area (Å²) in [5.41, 5.74) is 14.1.